The van der Waals surface area contributed by atoms with Gasteiger partial charge < -0.3 is 15.5 Å². The van der Waals surface area contributed by atoms with Crippen LogP contribution in [0.15, 0.2) is 12.1 Å². The number of likely N-dealkylation sites (N-methyl/N-ethyl adjacent to an activating group) is 1. The normalized spacial score (nSPS) is 17.3. The molecular weight excluding hydrogens is 252 g/mol. The lowest BCUT2D eigenvalue weighted by atomic mass is 10.1. The summed E-state index contributed by atoms with van der Waals surface area (Å²) in [6.45, 7) is 7.65. The van der Waals surface area contributed by atoms with E-state index in [0.29, 0.717) is 11.4 Å². The SMILES string of the molecule is CC(C)c1cc(C(=O)N2CCCN(C)CC2)cc(N)n1. The van der Waals surface area contributed by atoms with Crippen molar-refractivity contribution in [2.45, 2.75) is 26.2 Å². The van der Waals surface area contributed by atoms with Crippen molar-refractivity contribution in [3.8, 4) is 0 Å². The highest BCUT2D eigenvalue weighted by Gasteiger charge is 2.20. The Bertz CT molecular complexity index is 487. The monoisotopic (exact) mass is 276 g/mol. The number of amides is 1. The lowest BCUT2D eigenvalue weighted by Gasteiger charge is -2.21. The minimum Gasteiger partial charge on any atom is -0.384 e. The van der Waals surface area contributed by atoms with Crippen LogP contribution in [0.5, 0.6) is 0 Å². The average Bonchev–Trinajstić information content (AvgIpc) is 2.62. The third-order valence-electron chi connectivity index (χ3n) is 3.71. The lowest BCUT2D eigenvalue weighted by Crippen LogP contribution is -2.34. The number of hydrogen-bond acceptors (Lipinski definition) is 4. The molecule has 5 heteroatoms. The average molecular weight is 276 g/mol. The Morgan fingerprint density at radius 1 is 1.25 bits per heavy atom. The van der Waals surface area contributed by atoms with Crippen molar-refractivity contribution in [2.75, 3.05) is 39.0 Å². The van der Waals surface area contributed by atoms with E-state index in [1.165, 1.54) is 0 Å². The van der Waals surface area contributed by atoms with Gasteiger partial charge in [-0.2, -0.15) is 0 Å². The first-order chi connectivity index (χ1) is 9.47. The molecular formula is C15H24N4O. The summed E-state index contributed by atoms with van der Waals surface area (Å²) in [5.74, 6) is 0.753. The zero-order valence-electron chi connectivity index (χ0n) is 12.6. The zero-order chi connectivity index (χ0) is 14.7. The Kier molecular flexibility index (Phi) is 4.60. The van der Waals surface area contributed by atoms with Crippen LogP contribution in [-0.4, -0.2) is 53.9 Å². The number of nitrogens with zero attached hydrogens (tertiary/aromatic N) is 3. The molecule has 0 aromatic carbocycles. The van der Waals surface area contributed by atoms with Gasteiger partial charge in [0.25, 0.3) is 5.91 Å². The minimum absolute atomic E-state index is 0.0660. The molecule has 1 aliphatic heterocycles. The van der Waals surface area contributed by atoms with Gasteiger partial charge in [-0.05, 0) is 38.1 Å². The summed E-state index contributed by atoms with van der Waals surface area (Å²) >= 11 is 0. The first kappa shape index (κ1) is 14.8. The molecule has 1 aliphatic rings. The number of aromatic nitrogens is 1. The number of nitrogen functional groups attached to an aromatic ring is 1. The van der Waals surface area contributed by atoms with Gasteiger partial charge in [-0.1, -0.05) is 13.8 Å². The molecule has 1 amide bonds. The van der Waals surface area contributed by atoms with Crippen LogP contribution < -0.4 is 5.73 Å². The molecule has 2 N–H and O–H groups in total. The van der Waals surface area contributed by atoms with Crippen molar-refractivity contribution < 1.29 is 4.79 Å². The van der Waals surface area contributed by atoms with Crippen molar-refractivity contribution in [1.82, 2.24) is 14.8 Å². The first-order valence-electron chi connectivity index (χ1n) is 7.22. The molecule has 0 bridgehead atoms. The number of carbonyl (C=O) groups excluding carboxylic acids is 1. The maximum absolute atomic E-state index is 12.6. The molecule has 0 spiro atoms. The van der Waals surface area contributed by atoms with Crippen molar-refractivity contribution in [1.29, 1.82) is 0 Å². The van der Waals surface area contributed by atoms with E-state index in [2.05, 4.69) is 30.8 Å². The summed E-state index contributed by atoms with van der Waals surface area (Å²) < 4.78 is 0. The summed E-state index contributed by atoms with van der Waals surface area (Å²) in [5.41, 5.74) is 7.36. The molecule has 0 atom stereocenters. The third-order valence-corrected chi connectivity index (χ3v) is 3.71. The second kappa shape index (κ2) is 6.22. The maximum atomic E-state index is 12.6. The van der Waals surface area contributed by atoms with Crippen LogP contribution in [-0.2, 0) is 0 Å². The number of pyridine rings is 1. The van der Waals surface area contributed by atoms with Crippen LogP contribution in [0.1, 0.15) is 42.2 Å². The number of anilines is 1. The molecule has 2 rings (SSSR count). The topological polar surface area (TPSA) is 62.5 Å². The fourth-order valence-corrected chi connectivity index (χ4v) is 2.43. The fourth-order valence-electron chi connectivity index (χ4n) is 2.43. The smallest absolute Gasteiger partial charge is 0.254 e. The van der Waals surface area contributed by atoms with E-state index in [1.807, 2.05) is 11.0 Å². The molecule has 110 valence electrons. The largest absolute Gasteiger partial charge is 0.384 e. The van der Waals surface area contributed by atoms with E-state index >= 15 is 0 Å². The zero-order valence-corrected chi connectivity index (χ0v) is 12.6. The highest BCUT2D eigenvalue weighted by molar-refractivity contribution is 5.95. The van der Waals surface area contributed by atoms with E-state index in [4.69, 9.17) is 5.73 Å². The summed E-state index contributed by atoms with van der Waals surface area (Å²) in [6, 6.07) is 3.56. The van der Waals surface area contributed by atoms with Crippen LogP contribution in [0, 0.1) is 0 Å². The Hall–Kier alpha value is -1.62. The molecule has 1 aromatic heterocycles. The first-order valence-corrected chi connectivity index (χ1v) is 7.22. The molecule has 2 heterocycles. The van der Waals surface area contributed by atoms with Crippen LogP contribution in [0.4, 0.5) is 5.82 Å². The fraction of sp³-hybridized carbons (Fsp3) is 0.600. The van der Waals surface area contributed by atoms with Crippen LogP contribution in [0.3, 0.4) is 0 Å². The second-order valence-electron chi connectivity index (χ2n) is 5.81. The van der Waals surface area contributed by atoms with Gasteiger partial charge in [-0.25, -0.2) is 4.98 Å². The molecule has 0 unspecified atom stereocenters. The van der Waals surface area contributed by atoms with Gasteiger partial charge in [0.05, 0.1) is 0 Å². The van der Waals surface area contributed by atoms with Crippen LogP contribution in [0.25, 0.3) is 0 Å². The molecule has 5 nitrogen and oxygen atoms in total. The van der Waals surface area contributed by atoms with Crippen molar-refractivity contribution in [2.24, 2.45) is 0 Å². The predicted molar refractivity (Wildman–Crippen MR) is 80.8 cm³/mol. The second-order valence-corrected chi connectivity index (χ2v) is 5.81. The number of hydrogen-bond donors (Lipinski definition) is 1. The van der Waals surface area contributed by atoms with Crippen molar-refractivity contribution >= 4 is 11.7 Å². The van der Waals surface area contributed by atoms with E-state index in [9.17, 15) is 4.79 Å². The van der Waals surface area contributed by atoms with Gasteiger partial charge in [0.15, 0.2) is 0 Å². The van der Waals surface area contributed by atoms with Gasteiger partial charge >= 0.3 is 0 Å². The quantitative estimate of drug-likeness (QED) is 0.890. The van der Waals surface area contributed by atoms with E-state index < -0.39 is 0 Å². The van der Waals surface area contributed by atoms with Gasteiger partial charge in [-0.3, -0.25) is 4.79 Å². The highest BCUT2D eigenvalue weighted by Crippen LogP contribution is 2.18. The predicted octanol–water partition coefficient (Wildman–Crippen LogP) is 1.56. The number of carbonyl (C=O) groups is 1. The number of nitrogens with two attached hydrogens (primary N) is 1. The van der Waals surface area contributed by atoms with Gasteiger partial charge in [0.1, 0.15) is 5.82 Å². The van der Waals surface area contributed by atoms with Crippen LogP contribution >= 0.6 is 0 Å². The lowest BCUT2D eigenvalue weighted by molar-refractivity contribution is 0.0762. The van der Waals surface area contributed by atoms with Gasteiger partial charge in [0.2, 0.25) is 0 Å². The van der Waals surface area contributed by atoms with Gasteiger partial charge in [0, 0.05) is 30.9 Å². The number of rotatable bonds is 2. The standard InChI is InChI=1S/C15H24N4O/c1-11(2)13-9-12(10-14(16)17-13)15(20)19-6-4-5-18(3)7-8-19/h9-11H,4-8H2,1-3H3,(H2,16,17). The Balaban J connectivity index is 2.19. The Morgan fingerprint density at radius 3 is 2.70 bits per heavy atom. The summed E-state index contributed by atoms with van der Waals surface area (Å²) in [6.07, 6.45) is 1.01. The maximum Gasteiger partial charge on any atom is 0.254 e. The van der Waals surface area contributed by atoms with Crippen LogP contribution in [0.2, 0.25) is 0 Å². The molecule has 0 radical (unpaired) electrons. The summed E-state index contributed by atoms with van der Waals surface area (Å²) in [7, 11) is 2.09. The molecule has 1 aromatic rings. The van der Waals surface area contributed by atoms with Crippen molar-refractivity contribution in [3.05, 3.63) is 23.4 Å². The van der Waals surface area contributed by atoms with Gasteiger partial charge in [-0.15, -0.1) is 0 Å². The Labute approximate surface area is 120 Å². The van der Waals surface area contributed by atoms with E-state index in [0.717, 1.165) is 38.3 Å². The minimum atomic E-state index is 0.0660. The summed E-state index contributed by atoms with van der Waals surface area (Å²) in [4.78, 5) is 21.1. The molecule has 1 fully saturated rings. The molecule has 20 heavy (non-hydrogen) atoms. The summed E-state index contributed by atoms with van der Waals surface area (Å²) in [5, 5.41) is 0. The van der Waals surface area contributed by atoms with E-state index in [1.54, 1.807) is 6.07 Å². The molecule has 1 saturated heterocycles. The third kappa shape index (κ3) is 3.48. The van der Waals surface area contributed by atoms with E-state index in [-0.39, 0.29) is 11.8 Å². The molecule has 0 aliphatic carbocycles. The Morgan fingerprint density at radius 2 is 2.00 bits per heavy atom. The van der Waals surface area contributed by atoms with Crippen molar-refractivity contribution in [3.63, 3.8) is 0 Å². The molecule has 0 saturated carbocycles. The highest BCUT2D eigenvalue weighted by atomic mass is 16.2.